The number of hydrogen-bond acceptors (Lipinski definition) is 4. The highest BCUT2D eigenvalue weighted by atomic mass is 16.2. The van der Waals surface area contributed by atoms with Gasteiger partial charge in [0.05, 0.1) is 19.1 Å². The number of rotatable bonds is 5. The van der Waals surface area contributed by atoms with Gasteiger partial charge in [0.15, 0.2) is 0 Å². The average Bonchev–Trinajstić information content (AvgIpc) is 2.13. The van der Waals surface area contributed by atoms with E-state index >= 15 is 0 Å². The Morgan fingerprint density at radius 2 is 2.14 bits per heavy atom. The summed E-state index contributed by atoms with van der Waals surface area (Å²) in [6, 6.07) is -0.640. The average molecular weight is 201 g/mol. The van der Waals surface area contributed by atoms with E-state index in [1.807, 2.05) is 0 Å². The molecule has 0 heterocycles. The predicted octanol–water partition coefficient (Wildman–Crippen LogP) is -1.89. The molecular formula is C8H15N3O3. The monoisotopic (exact) mass is 201 g/mol. The van der Waals surface area contributed by atoms with Gasteiger partial charge >= 0.3 is 0 Å². The minimum Gasteiger partial charge on any atom is -0.346 e. The van der Waals surface area contributed by atoms with Crippen LogP contribution in [0.4, 0.5) is 0 Å². The third-order valence-corrected chi connectivity index (χ3v) is 1.60. The number of nitrogens with one attached hydrogen (secondary N) is 1. The van der Waals surface area contributed by atoms with Gasteiger partial charge in [0, 0.05) is 7.05 Å². The summed E-state index contributed by atoms with van der Waals surface area (Å²) in [6.45, 7) is 1.41. The van der Waals surface area contributed by atoms with Gasteiger partial charge in [-0.15, -0.1) is 0 Å². The molecule has 0 aliphatic rings. The number of likely N-dealkylation sites (N-methyl/N-ethyl adjacent to an activating group) is 1. The molecule has 2 amide bonds. The van der Waals surface area contributed by atoms with Crippen molar-refractivity contribution in [2.45, 2.75) is 13.0 Å². The van der Waals surface area contributed by atoms with E-state index in [1.165, 1.54) is 18.9 Å². The van der Waals surface area contributed by atoms with Gasteiger partial charge in [-0.3, -0.25) is 9.59 Å². The number of carbonyl (C=O) groups excluding carboxylic acids is 3. The lowest BCUT2D eigenvalue weighted by molar-refractivity contribution is -0.133. The van der Waals surface area contributed by atoms with Gasteiger partial charge in [-0.05, 0) is 6.92 Å². The summed E-state index contributed by atoms with van der Waals surface area (Å²) in [4.78, 5) is 33.4. The number of aldehydes is 1. The Bertz CT molecular complexity index is 228. The van der Waals surface area contributed by atoms with E-state index in [4.69, 9.17) is 5.73 Å². The summed E-state index contributed by atoms with van der Waals surface area (Å²) in [5, 5.41) is 2.35. The van der Waals surface area contributed by atoms with Gasteiger partial charge in [0.2, 0.25) is 11.8 Å². The van der Waals surface area contributed by atoms with E-state index in [0.29, 0.717) is 6.29 Å². The molecule has 80 valence electrons. The van der Waals surface area contributed by atoms with Crippen molar-refractivity contribution in [2.24, 2.45) is 5.73 Å². The van der Waals surface area contributed by atoms with Crippen LogP contribution >= 0.6 is 0 Å². The second kappa shape index (κ2) is 6.09. The highest BCUT2D eigenvalue weighted by Gasteiger charge is 2.11. The first kappa shape index (κ1) is 12.6. The van der Waals surface area contributed by atoms with Crippen molar-refractivity contribution in [2.75, 3.05) is 20.1 Å². The Kier molecular flexibility index (Phi) is 5.47. The normalized spacial score (nSPS) is 11.6. The van der Waals surface area contributed by atoms with Crippen molar-refractivity contribution < 1.29 is 14.4 Å². The van der Waals surface area contributed by atoms with E-state index in [-0.39, 0.29) is 19.0 Å². The Hall–Kier alpha value is -1.43. The Morgan fingerprint density at radius 3 is 2.57 bits per heavy atom. The molecule has 0 bridgehead atoms. The first-order chi connectivity index (χ1) is 6.49. The summed E-state index contributed by atoms with van der Waals surface area (Å²) in [5.74, 6) is -0.719. The van der Waals surface area contributed by atoms with E-state index in [0.717, 1.165) is 0 Å². The van der Waals surface area contributed by atoms with Crippen molar-refractivity contribution in [1.29, 1.82) is 0 Å². The topological polar surface area (TPSA) is 92.5 Å². The zero-order valence-electron chi connectivity index (χ0n) is 8.32. The van der Waals surface area contributed by atoms with Crippen LogP contribution < -0.4 is 11.1 Å². The zero-order chi connectivity index (χ0) is 11.1. The molecule has 0 unspecified atom stereocenters. The molecule has 0 spiro atoms. The molecule has 0 aliphatic carbocycles. The maximum Gasteiger partial charge on any atom is 0.242 e. The summed E-state index contributed by atoms with van der Waals surface area (Å²) in [7, 11) is 1.48. The van der Waals surface area contributed by atoms with Crippen molar-refractivity contribution in [3.63, 3.8) is 0 Å². The minimum absolute atomic E-state index is 0.0207. The highest BCUT2D eigenvalue weighted by Crippen LogP contribution is 1.82. The maximum absolute atomic E-state index is 11.2. The molecule has 0 aliphatic heterocycles. The van der Waals surface area contributed by atoms with Gasteiger partial charge in [-0.25, -0.2) is 0 Å². The lowest BCUT2D eigenvalue weighted by Gasteiger charge is -2.14. The molecule has 0 aromatic heterocycles. The largest absolute Gasteiger partial charge is 0.346 e. The first-order valence-corrected chi connectivity index (χ1v) is 4.20. The van der Waals surface area contributed by atoms with Crippen molar-refractivity contribution in [1.82, 2.24) is 10.2 Å². The molecule has 0 aromatic carbocycles. The minimum atomic E-state index is -0.640. The van der Waals surface area contributed by atoms with E-state index in [1.54, 1.807) is 0 Å². The van der Waals surface area contributed by atoms with Crippen LogP contribution in [0.3, 0.4) is 0 Å². The van der Waals surface area contributed by atoms with E-state index in [9.17, 15) is 14.4 Å². The third-order valence-electron chi connectivity index (χ3n) is 1.60. The lowest BCUT2D eigenvalue weighted by atomic mass is 10.3. The molecule has 1 atom stereocenters. The number of nitrogens with zero attached hydrogens (tertiary/aromatic N) is 1. The smallest absolute Gasteiger partial charge is 0.242 e. The lowest BCUT2D eigenvalue weighted by Crippen LogP contribution is -2.44. The van der Waals surface area contributed by atoms with Gasteiger partial charge in [-0.2, -0.15) is 0 Å². The second-order valence-corrected chi connectivity index (χ2v) is 2.95. The van der Waals surface area contributed by atoms with Crippen LogP contribution in [0.2, 0.25) is 0 Å². The van der Waals surface area contributed by atoms with Crippen LogP contribution in [0.5, 0.6) is 0 Å². The second-order valence-electron chi connectivity index (χ2n) is 2.95. The van der Waals surface area contributed by atoms with Crippen LogP contribution in [-0.4, -0.2) is 49.2 Å². The maximum atomic E-state index is 11.2. The molecular weight excluding hydrogens is 186 g/mol. The van der Waals surface area contributed by atoms with Crippen LogP contribution in [0.15, 0.2) is 0 Å². The third kappa shape index (κ3) is 4.56. The molecule has 14 heavy (non-hydrogen) atoms. The summed E-state index contributed by atoms with van der Waals surface area (Å²) in [5.41, 5.74) is 5.26. The van der Waals surface area contributed by atoms with Crippen molar-refractivity contribution in [3.8, 4) is 0 Å². The van der Waals surface area contributed by atoms with Crippen LogP contribution in [0.25, 0.3) is 0 Å². The fourth-order valence-corrected chi connectivity index (χ4v) is 0.672. The number of carbonyl (C=O) groups is 3. The zero-order valence-corrected chi connectivity index (χ0v) is 8.32. The fourth-order valence-electron chi connectivity index (χ4n) is 0.672. The quantitative estimate of drug-likeness (QED) is 0.508. The summed E-state index contributed by atoms with van der Waals surface area (Å²) >= 11 is 0. The molecule has 6 heteroatoms. The van der Waals surface area contributed by atoms with E-state index in [2.05, 4.69) is 5.32 Å². The molecule has 0 radical (unpaired) electrons. The molecule has 0 fully saturated rings. The Balaban J connectivity index is 3.84. The van der Waals surface area contributed by atoms with Crippen molar-refractivity contribution in [3.05, 3.63) is 0 Å². The molecule has 0 rings (SSSR count). The molecule has 3 N–H and O–H groups in total. The Morgan fingerprint density at radius 1 is 1.57 bits per heavy atom. The number of hydrogen-bond donors (Lipinski definition) is 2. The molecule has 6 nitrogen and oxygen atoms in total. The molecule has 0 aromatic rings. The predicted molar refractivity (Wildman–Crippen MR) is 50.4 cm³/mol. The fraction of sp³-hybridized carbons (Fsp3) is 0.625. The van der Waals surface area contributed by atoms with Gasteiger partial charge in [0.25, 0.3) is 0 Å². The van der Waals surface area contributed by atoms with Gasteiger partial charge in [-0.1, -0.05) is 0 Å². The van der Waals surface area contributed by atoms with Crippen LogP contribution in [0, 0.1) is 0 Å². The first-order valence-electron chi connectivity index (χ1n) is 4.20. The van der Waals surface area contributed by atoms with Crippen molar-refractivity contribution >= 4 is 18.1 Å². The molecule has 0 saturated heterocycles. The van der Waals surface area contributed by atoms with Crippen LogP contribution in [-0.2, 0) is 14.4 Å². The van der Waals surface area contributed by atoms with Gasteiger partial charge < -0.3 is 20.7 Å². The Labute approximate surface area is 82.4 Å². The molecule has 0 saturated carbocycles. The SMILES string of the molecule is C[C@H](N)C(=O)NCC(=O)N(C)CC=O. The number of nitrogens with two attached hydrogens (primary N) is 1. The van der Waals surface area contributed by atoms with Crippen LogP contribution in [0.1, 0.15) is 6.92 Å². The summed E-state index contributed by atoms with van der Waals surface area (Å²) in [6.07, 6.45) is 0.616. The highest BCUT2D eigenvalue weighted by molar-refractivity contribution is 5.87. The van der Waals surface area contributed by atoms with Gasteiger partial charge in [0.1, 0.15) is 6.29 Å². The standard InChI is InChI=1S/C8H15N3O3/c1-6(9)8(14)10-5-7(13)11(2)3-4-12/h4,6H,3,5,9H2,1-2H3,(H,10,14)/t6-/m0/s1. The summed E-state index contributed by atoms with van der Waals surface area (Å²) < 4.78 is 0. The number of amides is 2. The van der Waals surface area contributed by atoms with E-state index < -0.39 is 11.9 Å².